The van der Waals surface area contributed by atoms with Crippen molar-refractivity contribution in [3.8, 4) is 0 Å². The average molecular weight is 516 g/mol. The molecule has 198 valence electrons. The van der Waals surface area contributed by atoms with E-state index in [1.54, 1.807) is 12.1 Å². The molecule has 7 nitrogen and oxygen atoms in total. The van der Waals surface area contributed by atoms with Crippen molar-refractivity contribution in [1.82, 2.24) is 10.2 Å². The first-order valence-corrected chi connectivity index (χ1v) is 14.5. The molecule has 0 heterocycles. The van der Waals surface area contributed by atoms with Gasteiger partial charge in [0.1, 0.15) is 12.6 Å². The van der Waals surface area contributed by atoms with Crippen LogP contribution in [0.2, 0.25) is 0 Å². The number of sulfonamides is 1. The third-order valence-corrected chi connectivity index (χ3v) is 7.49. The maximum absolute atomic E-state index is 13.8. The molecule has 8 heteroatoms. The summed E-state index contributed by atoms with van der Waals surface area (Å²) in [5.74, 6) is -0.597. The normalized spacial score (nSPS) is 13.2. The summed E-state index contributed by atoms with van der Waals surface area (Å²) >= 11 is 0. The van der Waals surface area contributed by atoms with Crippen molar-refractivity contribution in [3.05, 3.63) is 65.2 Å². The first kappa shape index (κ1) is 29.4. The maximum Gasteiger partial charge on any atom is 0.244 e. The van der Waals surface area contributed by atoms with E-state index in [9.17, 15) is 18.0 Å². The highest BCUT2D eigenvalue weighted by Gasteiger charge is 2.32. The van der Waals surface area contributed by atoms with E-state index in [0.717, 1.165) is 33.7 Å². The summed E-state index contributed by atoms with van der Waals surface area (Å²) in [4.78, 5) is 28.5. The number of amides is 2. The monoisotopic (exact) mass is 515 g/mol. The van der Waals surface area contributed by atoms with E-state index < -0.39 is 22.0 Å². The van der Waals surface area contributed by atoms with E-state index in [1.165, 1.54) is 4.90 Å². The number of hydrogen-bond donors (Lipinski definition) is 1. The van der Waals surface area contributed by atoms with Crippen molar-refractivity contribution in [2.45, 2.75) is 78.9 Å². The van der Waals surface area contributed by atoms with E-state index in [1.807, 2.05) is 77.9 Å². The predicted octanol–water partition coefficient (Wildman–Crippen LogP) is 4.61. The van der Waals surface area contributed by atoms with Crippen LogP contribution in [0.5, 0.6) is 0 Å². The Hall–Kier alpha value is -2.87. The molecule has 0 aliphatic carbocycles. The fourth-order valence-corrected chi connectivity index (χ4v) is 4.92. The lowest BCUT2D eigenvalue weighted by molar-refractivity contribution is -0.140. The van der Waals surface area contributed by atoms with Gasteiger partial charge < -0.3 is 10.2 Å². The Morgan fingerprint density at radius 1 is 0.944 bits per heavy atom. The molecule has 36 heavy (non-hydrogen) atoms. The topological polar surface area (TPSA) is 86.8 Å². The molecule has 0 fully saturated rings. The molecule has 0 saturated heterocycles. The summed E-state index contributed by atoms with van der Waals surface area (Å²) in [6.07, 6.45) is 2.28. The first-order chi connectivity index (χ1) is 16.9. The maximum atomic E-state index is 13.8. The number of nitrogens with zero attached hydrogens (tertiary/aromatic N) is 2. The van der Waals surface area contributed by atoms with Crippen LogP contribution in [-0.4, -0.2) is 50.0 Å². The van der Waals surface area contributed by atoms with E-state index in [2.05, 4.69) is 5.32 Å². The quantitative estimate of drug-likeness (QED) is 0.447. The summed E-state index contributed by atoms with van der Waals surface area (Å²) in [7, 11) is -3.77. The average Bonchev–Trinajstić information content (AvgIpc) is 2.82. The number of carbonyl (C=O) groups is 2. The molecular formula is C28H41N3O4S. The minimum absolute atomic E-state index is 0.0340. The molecule has 2 atom stereocenters. The first-order valence-electron chi connectivity index (χ1n) is 12.6. The lowest BCUT2D eigenvalue weighted by Crippen LogP contribution is -2.53. The molecule has 1 N–H and O–H groups in total. The highest BCUT2D eigenvalue weighted by atomic mass is 32.2. The Kier molecular flexibility index (Phi) is 10.5. The summed E-state index contributed by atoms with van der Waals surface area (Å²) in [5, 5.41) is 2.99. The van der Waals surface area contributed by atoms with Crippen LogP contribution in [-0.2, 0) is 26.2 Å². The van der Waals surface area contributed by atoms with Crippen LogP contribution in [0.25, 0.3) is 0 Å². The molecule has 0 saturated carbocycles. The van der Waals surface area contributed by atoms with Gasteiger partial charge in [-0.3, -0.25) is 13.9 Å². The second-order valence-corrected chi connectivity index (χ2v) is 11.6. The third kappa shape index (κ3) is 7.82. The van der Waals surface area contributed by atoms with Crippen molar-refractivity contribution in [1.29, 1.82) is 0 Å². The number of rotatable bonds is 12. The summed E-state index contributed by atoms with van der Waals surface area (Å²) < 4.78 is 26.9. The van der Waals surface area contributed by atoms with Gasteiger partial charge in [-0.25, -0.2) is 8.42 Å². The van der Waals surface area contributed by atoms with Gasteiger partial charge in [-0.15, -0.1) is 0 Å². The van der Waals surface area contributed by atoms with Gasteiger partial charge in [0.2, 0.25) is 21.8 Å². The zero-order valence-electron chi connectivity index (χ0n) is 22.6. The molecule has 0 radical (unpaired) electrons. The van der Waals surface area contributed by atoms with Crippen LogP contribution in [0.3, 0.4) is 0 Å². The lowest BCUT2D eigenvalue weighted by atomic mass is 10.0. The summed E-state index contributed by atoms with van der Waals surface area (Å²) in [6.45, 7) is 11.5. The molecule has 0 spiro atoms. The summed E-state index contributed by atoms with van der Waals surface area (Å²) in [6, 6.07) is 14.2. The van der Waals surface area contributed by atoms with Crippen LogP contribution in [0, 0.1) is 6.92 Å². The van der Waals surface area contributed by atoms with Gasteiger partial charge in [0, 0.05) is 12.6 Å². The van der Waals surface area contributed by atoms with Gasteiger partial charge in [0.15, 0.2) is 0 Å². The van der Waals surface area contributed by atoms with E-state index in [-0.39, 0.29) is 31.0 Å². The largest absolute Gasteiger partial charge is 0.352 e. The molecule has 2 aromatic carbocycles. The number of hydrogen-bond acceptors (Lipinski definition) is 4. The zero-order valence-corrected chi connectivity index (χ0v) is 23.4. The van der Waals surface area contributed by atoms with Gasteiger partial charge in [0.05, 0.1) is 11.9 Å². The van der Waals surface area contributed by atoms with Gasteiger partial charge in [-0.2, -0.15) is 0 Å². The highest BCUT2D eigenvalue weighted by Crippen LogP contribution is 2.29. The van der Waals surface area contributed by atoms with Gasteiger partial charge in [0.25, 0.3) is 0 Å². The molecule has 0 bridgehead atoms. The van der Waals surface area contributed by atoms with Crippen LogP contribution >= 0.6 is 0 Å². The number of anilines is 1. The van der Waals surface area contributed by atoms with Crippen LogP contribution < -0.4 is 9.62 Å². The standard InChI is InChI=1S/C28H41N3O4S/c1-8-22(6)29-28(33)25(9-2)30(18-23-16-14-21(5)15-17-23)27(32)19-31(36(7,34)35)26-13-11-10-12-24(26)20(3)4/h10-17,20,22,25H,8-9,18-19H2,1-7H3,(H,29,33)/t22-,25-/m0/s1. The van der Waals surface area contributed by atoms with Crippen molar-refractivity contribution in [2.75, 3.05) is 17.1 Å². The molecule has 2 aromatic rings. The number of nitrogens with one attached hydrogen (secondary N) is 1. The molecule has 0 unspecified atom stereocenters. The van der Waals surface area contributed by atoms with Crippen molar-refractivity contribution in [2.24, 2.45) is 0 Å². The van der Waals surface area contributed by atoms with Crippen molar-refractivity contribution < 1.29 is 18.0 Å². The molecule has 0 aromatic heterocycles. The van der Waals surface area contributed by atoms with Gasteiger partial charge in [-0.05, 0) is 49.8 Å². The van der Waals surface area contributed by atoms with E-state index in [0.29, 0.717) is 12.1 Å². The minimum atomic E-state index is -3.77. The predicted molar refractivity (Wildman–Crippen MR) is 146 cm³/mol. The van der Waals surface area contributed by atoms with E-state index >= 15 is 0 Å². The van der Waals surface area contributed by atoms with Crippen LogP contribution in [0.1, 0.15) is 70.1 Å². The van der Waals surface area contributed by atoms with Crippen molar-refractivity contribution in [3.63, 3.8) is 0 Å². The Morgan fingerprint density at radius 3 is 2.08 bits per heavy atom. The highest BCUT2D eigenvalue weighted by molar-refractivity contribution is 7.92. The van der Waals surface area contributed by atoms with E-state index in [4.69, 9.17) is 0 Å². The SMILES string of the molecule is CC[C@H](C)NC(=O)[C@H](CC)N(Cc1ccc(C)cc1)C(=O)CN(c1ccccc1C(C)C)S(C)(=O)=O. The third-order valence-electron chi connectivity index (χ3n) is 6.37. The second-order valence-electron chi connectivity index (χ2n) is 9.73. The van der Waals surface area contributed by atoms with Gasteiger partial charge in [-0.1, -0.05) is 75.7 Å². The fourth-order valence-electron chi connectivity index (χ4n) is 4.05. The zero-order chi connectivity index (χ0) is 27.0. The van der Waals surface area contributed by atoms with Crippen LogP contribution in [0.15, 0.2) is 48.5 Å². The number of carbonyl (C=O) groups excluding carboxylic acids is 2. The van der Waals surface area contributed by atoms with Crippen molar-refractivity contribution >= 4 is 27.5 Å². The molecule has 2 amide bonds. The molecule has 2 rings (SSSR count). The summed E-state index contributed by atoms with van der Waals surface area (Å²) in [5.41, 5.74) is 3.28. The molecular weight excluding hydrogens is 474 g/mol. The smallest absolute Gasteiger partial charge is 0.244 e. The van der Waals surface area contributed by atoms with Crippen LogP contribution in [0.4, 0.5) is 5.69 Å². The second kappa shape index (κ2) is 12.9. The Morgan fingerprint density at radius 2 is 1.56 bits per heavy atom. The number of benzene rings is 2. The lowest BCUT2D eigenvalue weighted by Gasteiger charge is -2.34. The van der Waals surface area contributed by atoms with Gasteiger partial charge >= 0.3 is 0 Å². The Bertz CT molecular complexity index is 1130. The molecule has 0 aliphatic heterocycles. The fraction of sp³-hybridized carbons (Fsp3) is 0.500. The molecule has 0 aliphatic rings. The number of para-hydroxylation sites is 1. The number of aryl methyl sites for hydroxylation is 1. The Labute approximate surface area is 216 Å². The minimum Gasteiger partial charge on any atom is -0.352 e. The Balaban J connectivity index is 2.49.